The number of nitrogens with one attached hydrogen (secondary N) is 1. The van der Waals surface area contributed by atoms with Crippen LogP contribution in [0.1, 0.15) is 12.8 Å². The van der Waals surface area contributed by atoms with Crippen LogP contribution < -0.4 is 11.1 Å². The molecule has 1 saturated heterocycles. The van der Waals surface area contributed by atoms with Crippen molar-refractivity contribution in [2.45, 2.75) is 18.4 Å². The number of rotatable bonds is 3. The minimum absolute atomic E-state index is 0.0357. The topological polar surface area (TPSA) is 58.4 Å². The van der Waals surface area contributed by atoms with Crippen LogP contribution in [0.15, 0.2) is 0 Å². The first kappa shape index (κ1) is 8.97. The Morgan fingerprint density at radius 1 is 1.62 bits per heavy atom. The van der Waals surface area contributed by atoms with Crippen molar-refractivity contribution in [1.29, 1.82) is 0 Å². The van der Waals surface area contributed by atoms with E-state index in [0.717, 1.165) is 19.0 Å². The molecule has 1 heterocycles. The van der Waals surface area contributed by atoms with Gasteiger partial charge >= 0.3 is 0 Å². The maximum Gasteiger partial charge on any atom is 0.233 e. The van der Waals surface area contributed by atoms with Gasteiger partial charge in [-0.3, -0.25) is 9.69 Å². The van der Waals surface area contributed by atoms with Crippen molar-refractivity contribution in [3.8, 4) is 0 Å². The fourth-order valence-corrected chi connectivity index (χ4v) is 2.10. The van der Waals surface area contributed by atoms with Crippen LogP contribution >= 0.6 is 0 Å². The van der Waals surface area contributed by atoms with Crippen LogP contribution in [0.25, 0.3) is 0 Å². The van der Waals surface area contributed by atoms with Crippen LogP contribution in [0.2, 0.25) is 0 Å². The quantitative estimate of drug-likeness (QED) is 0.599. The van der Waals surface area contributed by atoms with E-state index in [0.29, 0.717) is 6.54 Å². The van der Waals surface area contributed by atoms with Gasteiger partial charge in [0.1, 0.15) is 0 Å². The maximum atomic E-state index is 11.0. The van der Waals surface area contributed by atoms with E-state index in [9.17, 15) is 4.79 Å². The number of nitrogens with zero attached hydrogens (tertiary/aromatic N) is 1. The standard InChI is InChI=1S/C9H17N3O/c1-11-8(13)4-12-5-9(10,6-12)7-2-3-7/h7H,2-6,10H2,1H3,(H,11,13). The van der Waals surface area contributed by atoms with Crippen molar-refractivity contribution in [3.63, 3.8) is 0 Å². The van der Waals surface area contributed by atoms with Crippen LogP contribution in [0.5, 0.6) is 0 Å². The van der Waals surface area contributed by atoms with Crippen molar-refractivity contribution >= 4 is 5.91 Å². The molecule has 0 aromatic heterocycles. The highest BCUT2D eigenvalue weighted by Crippen LogP contribution is 2.42. The molecule has 2 fully saturated rings. The van der Waals surface area contributed by atoms with E-state index < -0.39 is 0 Å². The normalized spacial score (nSPS) is 26.6. The molecule has 1 aliphatic heterocycles. The van der Waals surface area contributed by atoms with Crippen LogP contribution in [-0.4, -0.2) is 43.0 Å². The van der Waals surface area contributed by atoms with Crippen molar-refractivity contribution in [1.82, 2.24) is 10.2 Å². The molecule has 0 bridgehead atoms. The first-order valence-electron chi connectivity index (χ1n) is 4.86. The van der Waals surface area contributed by atoms with E-state index in [1.165, 1.54) is 12.8 Å². The molecule has 2 aliphatic rings. The number of likely N-dealkylation sites (N-methyl/N-ethyl adjacent to an activating group) is 1. The van der Waals surface area contributed by atoms with E-state index in [1.807, 2.05) is 0 Å². The van der Waals surface area contributed by atoms with Gasteiger partial charge in [-0.05, 0) is 18.8 Å². The number of hydrogen-bond donors (Lipinski definition) is 2. The molecule has 0 atom stereocenters. The van der Waals surface area contributed by atoms with Gasteiger partial charge < -0.3 is 11.1 Å². The third-order valence-corrected chi connectivity index (χ3v) is 3.07. The first-order chi connectivity index (χ1) is 6.14. The molecular formula is C9H17N3O. The lowest BCUT2D eigenvalue weighted by atomic mass is 9.86. The summed E-state index contributed by atoms with van der Waals surface area (Å²) in [4.78, 5) is 13.1. The molecule has 2 rings (SSSR count). The Hall–Kier alpha value is -0.610. The van der Waals surface area contributed by atoms with E-state index in [1.54, 1.807) is 7.05 Å². The minimum atomic E-state index is 0.0357. The number of hydrogen-bond acceptors (Lipinski definition) is 3. The van der Waals surface area contributed by atoms with Gasteiger partial charge in [0.15, 0.2) is 0 Å². The Kier molecular flexibility index (Phi) is 2.04. The van der Waals surface area contributed by atoms with Crippen molar-refractivity contribution in [2.75, 3.05) is 26.7 Å². The summed E-state index contributed by atoms with van der Waals surface area (Å²) in [5.41, 5.74) is 6.18. The van der Waals surface area contributed by atoms with Gasteiger partial charge in [0.2, 0.25) is 5.91 Å². The molecule has 0 radical (unpaired) electrons. The Bertz CT molecular complexity index is 219. The highest BCUT2D eigenvalue weighted by atomic mass is 16.1. The maximum absolute atomic E-state index is 11.0. The molecule has 13 heavy (non-hydrogen) atoms. The summed E-state index contributed by atoms with van der Waals surface area (Å²) in [7, 11) is 1.67. The SMILES string of the molecule is CNC(=O)CN1CC(N)(C2CC2)C1. The summed E-state index contributed by atoms with van der Waals surface area (Å²) in [6, 6.07) is 0. The Morgan fingerprint density at radius 2 is 2.23 bits per heavy atom. The molecule has 4 heteroatoms. The second-order valence-corrected chi connectivity index (χ2v) is 4.33. The molecule has 0 aromatic rings. The largest absolute Gasteiger partial charge is 0.358 e. The van der Waals surface area contributed by atoms with E-state index in [-0.39, 0.29) is 11.4 Å². The Balaban J connectivity index is 1.74. The van der Waals surface area contributed by atoms with E-state index in [4.69, 9.17) is 5.73 Å². The molecule has 1 aliphatic carbocycles. The second kappa shape index (κ2) is 2.96. The fraction of sp³-hybridized carbons (Fsp3) is 0.889. The molecule has 74 valence electrons. The molecule has 0 unspecified atom stereocenters. The van der Waals surface area contributed by atoms with Gasteiger partial charge in [-0.2, -0.15) is 0 Å². The third-order valence-electron chi connectivity index (χ3n) is 3.07. The average molecular weight is 183 g/mol. The summed E-state index contributed by atoms with van der Waals surface area (Å²) in [6.45, 7) is 2.29. The third kappa shape index (κ3) is 1.69. The smallest absolute Gasteiger partial charge is 0.233 e. The molecule has 3 N–H and O–H groups in total. The second-order valence-electron chi connectivity index (χ2n) is 4.33. The summed E-state index contributed by atoms with van der Waals surface area (Å²) in [5.74, 6) is 0.811. The van der Waals surface area contributed by atoms with Gasteiger partial charge in [-0.1, -0.05) is 0 Å². The molecule has 1 amide bonds. The molecule has 0 spiro atoms. The Labute approximate surface area is 78.5 Å². The Morgan fingerprint density at radius 3 is 2.69 bits per heavy atom. The van der Waals surface area contributed by atoms with E-state index >= 15 is 0 Å². The summed E-state index contributed by atoms with van der Waals surface area (Å²) < 4.78 is 0. The number of carbonyl (C=O) groups excluding carboxylic acids is 1. The lowest BCUT2D eigenvalue weighted by Crippen LogP contribution is -2.69. The zero-order valence-corrected chi connectivity index (χ0v) is 8.05. The van der Waals surface area contributed by atoms with Gasteiger partial charge in [0.25, 0.3) is 0 Å². The summed E-state index contributed by atoms with van der Waals surface area (Å²) >= 11 is 0. The van der Waals surface area contributed by atoms with Crippen LogP contribution in [-0.2, 0) is 4.79 Å². The minimum Gasteiger partial charge on any atom is -0.358 e. The van der Waals surface area contributed by atoms with Gasteiger partial charge in [0.05, 0.1) is 6.54 Å². The number of carbonyl (C=O) groups is 1. The molecular weight excluding hydrogens is 166 g/mol. The number of nitrogens with two attached hydrogens (primary N) is 1. The van der Waals surface area contributed by atoms with Crippen molar-refractivity contribution in [2.24, 2.45) is 11.7 Å². The van der Waals surface area contributed by atoms with Crippen LogP contribution in [0.3, 0.4) is 0 Å². The molecule has 1 saturated carbocycles. The van der Waals surface area contributed by atoms with E-state index in [2.05, 4.69) is 10.2 Å². The van der Waals surface area contributed by atoms with Crippen molar-refractivity contribution in [3.05, 3.63) is 0 Å². The van der Waals surface area contributed by atoms with Gasteiger partial charge in [-0.25, -0.2) is 0 Å². The predicted octanol–water partition coefficient (Wildman–Crippen LogP) is -0.844. The lowest BCUT2D eigenvalue weighted by molar-refractivity contribution is -0.123. The highest BCUT2D eigenvalue weighted by molar-refractivity contribution is 5.77. The average Bonchev–Trinajstić information content (AvgIpc) is 2.83. The summed E-state index contributed by atoms with van der Waals surface area (Å²) in [6.07, 6.45) is 2.56. The van der Waals surface area contributed by atoms with Gasteiger partial charge in [-0.15, -0.1) is 0 Å². The monoisotopic (exact) mass is 183 g/mol. The van der Waals surface area contributed by atoms with Crippen LogP contribution in [0.4, 0.5) is 0 Å². The fourth-order valence-electron chi connectivity index (χ4n) is 2.10. The summed E-state index contributed by atoms with van der Waals surface area (Å²) in [5, 5.41) is 2.61. The van der Waals surface area contributed by atoms with Crippen LogP contribution in [0, 0.1) is 5.92 Å². The van der Waals surface area contributed by atoms with Gasteiger partial charge in [0, 0.05) is 25.7 Å². The first-order valence-corrected chi connectivity index (χ1v) is 4.86. The number of likely N-dealkylation sites (tertiary alicyclic amines) is 1. The number of amides is 1. The molecule has 0 aromatic carbocycles. The highest BCUT2D eigenvalue weighted by Gasteiger charge is 2.50. The molecule has 4 nitrogen and oxygen atoms in total. The zero-order chi connectivity index (χ0) is 9.47. The van der Waals surface area contributed by atoms with Crippen molar-refractivity contribution < 1.29 is 4.79 Å². The predicted molar refractivity (Wildman–Crippen MR) is 50.1 cm³/mol. The zero-order valence-electron chi connectivity index (χ0n) is 8.05. The lowest BCUT2D eigenvalue weighted by Gasteiger charge is -2.48.